The van der Waals surface area contributed by atoms with E-state index in [0.717, 1.165) is 10.7 Å². The molecule has 2 aromatic rings. The first-order valence-electron chi connectivity index (χ1n) is 4.43. The van der Waals surface area contributed by atoms with Crippen molar-refractivity contribution in [3.63, 3.8) is 0 Å². The van der Waals surface area contributed by atoms with Crippen molar-refractivity contribution >= 4 is 17.1 Å². The SMILES string of the molecule is Cc1nc(C)c(C(=O)c2cnnn2C)s1. The fourth-order valence-electron chi connectivity index (χ4n) is 1.35. The van der Waals surface area contributed by atoms with Crippen LogP contribution in [-0.4, -0.2) is 25.8 Å². The lowest BCUT2D eigenvalue weighted by Crippen LogP contribution is -2.07. The molecule has 78 valence electrons. The van der Waals surface area contributed by atoms with Crippen LogP contribution in [0.3, 0.4) is 0 Å². The van der Waals surface area contributed by atoms with Crippen molar-refractivity contribution in [3.05, 3.63) is 27.5 Å². The Labute approximate surface area is 90.8 Å². The molecule has 0 aliphatic carbocycles. The second kappa shape index (κ2) is 3.54. The molecule has 2 aromatic heterocycles. The fourth-order valence-corrected chi connectivity index (χ4v) is 2.22. The molecule has 2 heterocycles. The van der Waals surface area contributed by atoms with Gasteiger partial charge >= 0.3 is 0 Å². The zero-order valence-corrected chi connectivity index (χ0v) is 9.50. The third kappa shape index (κ3) is 1.68. The number of ketones is 1. The van der Waals surface area contributed by atoms with E-state index in [1.807, 2.05) is 13.8 Å². The number of rotatable bonds is 2. The first-order chi connectivity index (χ1) is 7.09. The van der Waals surface area contributed by atoms with Crippen LogP contribution in [0.25, 0.3) is 0 Å². The Morgan fingerprint density at radius 2 is 2.20 bits per heavy atom. The minimum absolute atomic E-state index is 0.0643. The molecular weight excluding hydrogens is 212 g/mol. The molecule has 2 rings (SSSR count). The smallest absolute Gasteiger partial charge is 0.224 e. The molecule has 0 aliphatic heterocycles. The number of hydrogen-bond acceptors (Lipinski definition) is 5. The van der Waals surface area contributed by atoms with Gasteiger partial charge < -0.3 is 0 Å². The maximum atomic E-state index is 12.0. The Kier molecular flexibility index (Phi) is 2.36. The van der Waals surface area contributed by atoms with E-state index in [9.17, 15) is 4.79 Å². The molecule has 0 fully saturated rings. The average molecular weight is 222 g/mol. The van der Waals surface area contributed by atoms with Gasteiger partial charge in [0.2, 0.25) is 5.78 Å². The summed E-state index contributed by atoms with van der Waals surface area (Å²) in [7, 11) is 1.70. The van der Waals surface area contributed by atoms with E-state index in [-0.39, 0.29) is 5.78 Å². The van der Waals surface area contributed by atoms with E-state index in [1.165, 1.54) is 22.2 Å². The van der Waals surface area contributed by atoms with Gasteiger partial charge in [-0.1, -0.05) is 5.21 Å². The van der Waals surface area contributed by atoms with Crippen molar-refractivity contribution in [2.45, 2.75) is 13.8 Å². The lowest BCUT2D eigenvalue weighted by atomic mass is 10.2. The summed E-state index contributed by atoms with van der Waals surface area (Å²) in [5.74, 6) is -0.0643. The van der Waals surface area contributed by atoms with Crippen LogP contribution in [0.15, 0.2) is 6.20 Å². The molecule has 0 saturated carbocycles. The summed E-state index contributed by atoms with van der Waals surface area (Å²) in [6, 6.07) is 0. The predicted octanol–water partition coefficient (Wildman–Crippen LogP) is 1.12. The Bertz CT molecular complexity index is 514. The van der Waals surface area contributed by atoms with E-state index in [4.69, 9.17) is 0 Å². The predicted molar refractivity (Wildman–Crippen MR) is 56.0 cm³/mol. The number of aryl methyl sites for hydroxylation is 3. The first kappa shape index (κ1) is 9.97. The van der Waals surface area contributed by atoms with Crippen molar-refractivity contribution in [1.29, 1.82) is 0 Å². The number of carbonyl (C=O) groups excluding carboxylic acids is 1. The molecular formula is C9H10N4OS. The summed E-state index contributed by atoms with van der Waals surface area (Å²) in [5.41, 5.74) is 1.26. The molecule has 0 radical (unpaired) electrons. The molecule has 5 nitrogen and oxygen atoms in total. The van der Waals surface area contributed by atoms with Crippen LogP contribution in [0.2, 0.25) is 0 Å². The van der Waals surface area contributed by atoms with E-state index < -0.39 is 0 Å². The molecule has 0 aromatic carbocycles. The van der Waals surface area contributed by atoms with Gasteiger partial charge in [-0.3, -0.25) is 4.79 Å². The lowest BCUT2D eigenvalue weighted by Gasteiger charge is -1.97. The van der Waals surface area contributed by atoms with Gasteiger partial charge in [-0.05, 0) is 13.8 Å². The maximum absolute atomic E-state index is 12.0. The number of carbonyl (C=O) groups is 1. The molecule has 0 amide bonds. The molecule has 15 heavy (non-hydrogen) atoms. The number of thiazole rings is 1. The minimum Gasteiger partial charge on any atom is -0.286 e. The second-order valence-corrected chi connectivity index (χ2v) is 4.42. The molecule has 6 heteroatoms. The summed E-state index contributed by atoms with van der Waals surface area (Å²) in [6.07, 6.45) is 1.47. The van der Waals surface area contributed by atoms with Crippen LogP contribution in [-0.2, 0) is 7.05 Å². The zero-order chi connectivity index (χ0) is 11.0. The van der Waals surface area contributed by atoms with Crippen LogP contribution >= 0.6 is 11.3 Å². The summed E-state index contributed by atoms with van der Waals surface area (Å²) in [4.78, 5) is 16.9. The Morgan fingerprint density at radius 1 is 1.47 bits per heavy atom. The molecule has 0 spiro atoms. The summed E-state index contributed by atoms with van der Waals surface area (Å²) < 4.78 is 1.47. The van der Waals surface area contributed by atoms with E-state index in [1.54, 1.807) is 7.05 Å². The molecule has 0 bridgehead atoms. The van der Waals surface area contributed by atoms with Crippen molar-refractivity contribution in [2.75, 3.05) is 0 Å². The highest BCUT2D eigenvalue weighted by atomic mass is 32.1. The Morgan fingerprint density at radius 3 is 2.67 bits per heavy atom. The van der Waals surface area contributed by atoms with Gasteiger partial charge in [-0.15, -0.1) is 16.4 Å². The van der Waals surface area contributed by atoms with E-state index >= 15 is 0 Å². The maximum Gasteiger partial charge on any atom is 0.224 e. The van der Waals surface area contributed by atoms with Crippen LogP contribution in [0.4, 0.5) is 0 Å². The fraction of sp³-hybridized carbons (Fsp3) is 0.333. The highest BCUT2D eigenvalue weighted by Crippen LogP contribution is 2.20. The third-order valence-electron chi connectivity index (χ3n) is 2.06. The van der Waals surface area contributed by atoms with E-state index in [2.05, 4.69) is 15.3 Å². The average Bonchev–Trinajstić information content (AvgIpc) is 2.71. The van der Waals surface area contributed by atoms with Gasteiger partial charge in [0, 0.05) is 7.05 Å². The van der Waals surface area contributed by atoms with Gasteiger partial charge in [-0.2, -0.15) is 0 Å². The summed E-state index contributed by atoms with van der Waals surface area (Å²) in [6.45, 7) is 3.72. The van der Waals surface area contributed by atoms with Gasteiger partial charge in [-0.25, -0.2) is 9.67 Å². The third-order valence-corrected chi connectivity index (χ3v) is 3.13. The molecule has 0 N–H and O–H groups in total. The van der Waals surface area contributed by atoms with Crippen LogP contribution in [0, 0.1) is 13.8 Å². The number of aromatic nitrogens is 4. The summed E-state index contributed by atoms with van der Waals surface area (Å²) in [5, 5.41) is 8.31. The zero-order valence-electron chi connectivity index (χ0n) is 8.68. The number of nitrogens with zero attached hydrogens (tertiary/aromatic N) is 4. The monoisotopic (exact) mass is 222 g/mol. The van der Waals surface area contributed by atoms with Crippen molar-refractivity contribution < 1.29 is 4.79 Å². The molecule has 0 atom stereocenters. The first-order valence-corrected chi connectivity index (χ1v) is 5.24. The molecule has 0 saturated heterocycles. The van der Waals surface area contributed by atoms with Gasteiger partial charge in [0.25, 0.3) is 0 Å². The van der Waals surface area contributed by atoms with E-state index in [0.29, 0.717) is 10.6 Å². The standard InChI is InChI=1S/C9H10N4OS/c1-5-9(15-6(2)11-5)8(14)7-4-10-12-13(7)3/h4H,1-3H3. The van der Waals surface area contributed by atoms with Crippen LogP contribution < -0.4 is 0 Å². The number of hydrogen-bond donors (Lipinski definition) is 0. The molecule has 0 aliphatic rings. The van der Waals surface area contributed by atoms with Crippen molar-refractivity contribution in [1.82, 2.24) is 20.0 Å². The highest BCUT2D eigenvalue weighted by molar-refractivity contribution is 7.13. The quantitative estimate of drug-likeness (QED) is 0.714. The highest BCUT2D eigenvalue weighted by Gasteiger charge is 2.18. The van der Waals surface area contributed by atoms with Crippen LogP contribution in [0.1, 0.15) is 26.1 Å². The molecule has 0 unspecified atom stereocenters. The Hall–Kier alpha value is -1.56. The van der Waals surface area contributed by atoms with Gasteiger partial charge in [0.15, 0.2) is 0 Å². The summed E-state index contributed by atoms with van der Waals surface area (Å²) >= 11 is 1.40. The van der Waals surface area contributed by atoms with Crippen molar-refractivity contribution in [3.8, 4) is 0 Å². The minimum atomic E-state index is -0.0643. The Balaban J connectivity index is 2.45. The topological polar surface area (TPSA) is 60.7 Å². The lowest BCUT2D eigenvalue weighted by molar-refractivity contribution is 0.103. The van der Waals surface area contributed by atoms with Crippen molar-refractivity contribution in [2.24, 2.45) is 7.05 Å². The van der Waals surface area contributed by atoms with Crippen LogP contribution in [0.5, 0.6) is 0 Å². The second-order valence-electron chi connectivity index (χ2n) is 3.22. The normalized spacial score (nSPS) is 10.6. The largest absolute Gasteiger partial charge is 0.286 e. The van der Waals surface area contributed by atoms with Gasteiger partial charge in [0.1, 0.15) is 5.69 Å². The van der Waals surface area contributed by atoms with Gasteiger partial charge in [0.05, 0.1) is 21.8 Å².